The molecule has 0 bridgehead atoms. The molecule has 1 aromatic carbocycles. The third-order valence-electron chi connectivity index (χ3n) is 3.22. The second kappa shape index (κ2) is 7.17. The lowest BCUT2D eigenvalue weighted by Gasteiger charge is -2.14. The normalized spacial score (nSPS) is 12.1. The van der Waals surface area contributed by atoms with Crippen LogP contribution in [0, 0.1) is 0 Å². The highest BCUT2D eigenvalue weighted by Crippen LogP contribution is 2.27. The molecule has 0 aliphatic rings. The van der Waals surface area contributed by atoms with Gasteiger partial charge in [0.05, 0.1) is 12.3 Å². The maximum atomic E-state index is 12.4. The van der Waals surface area contributed by atoms with E-state index in [2.05, 4.69) is 24.1 Å². The predicted octanol–water partition coefficient (Wildman–Crippen LogP) is 3.46. The number of aliphatic carboxylic acids is 1. The highest BCUT2D eigenvalue weighted by atomic mass is 32.1. The maximum Gasteiger partial charge on any atom is 0.304 e. The molecule has 0 spiro atoms. The molecule has 0 saturated heterocycles. The zero-order valence-electron chi connectivity index (χ0n) is 12.4. The van der Waals surface area contributed by atoms with E-state index in [1.807, 2.05) is 6.07 Å². The van der Waals surface area contributed by atoms with Crippen LogP contribution in [0.2, 0.25) is 0 Å². The van der Waals surface area contributed by atoms with Gasteiger partial charge < -0.3 is 10.4 Å². The van der Waals surface area contributed by atoms with Crippen LogP contribution < -0.4 is 5.32 Å². The van der Waals surface area contributed by atoms with Gasteiger partial charge in [0.15, 0.2) is 5.13 Å². The Bertz CT molecular complexity index is 652. The molecule has 2 N–H and O–H groups in total. The number of benzene rings is 1. The van der Waals surface area contributed by atoms with Crippen LogP contribution in [0.25, 0.3) is 0 Å². The van der Waals surface area contributed by atoms with Crippen molar-refractivity contribution in [2.45, 2.75) is 32.1 Å². The van der Waals surface area contributed by atoms with Crippen molar-refractivity contribution in [3.05, 3.63) is 47.0 Å². The van der Waals surface area contributed by atoms with E-state index in [0.29, 0.717) is 16.6 Å². The van der Waals surface area contributed by atoms with E-state index in [1.165, 1.54) is 11.3 Å². The number of nitrogens with zero attached hydrogens (tertiary/aromatic N) is 1. The molecule has 0 aliphatic heterocycles. The number of anilines is 1. The monoisotopic (exact) mass is 318 g/mol. The van der Waals surface area contributed by atoms with Gasteiger partial charge in [-0.25, -0.2) is 4.98 Å². The summed E-state index contributed by atoms with van der Waals surface area (Å²) < 4.78 is 0. The molecule has 0 aliphatic carbocycles. The average molecular weight is 318 g/mol. The molecular formula is C16H18N2O3S. The van der Waals surface area contributed by atoms with Crippen LogP contribution in [-0.2, 0) is 9.59 Å². The number of thiazole rings is 1. The first kappa shape index (κ1) is 16.2. The van der Waals surface area contributed by atoms with E-state index in [9.17, 15) is 9.59 Å². The minimum Gasteiger partial charge on any atom is -0.481 e. The lowest BCUT2D eigenvalue weighted by molar-refractivity contribution is -0.139. The first-order chi connectivity index (χ1) is 10.5. The van der Waals surface area contributed by atoms with Gasteiger partial charge >= 0.3 is 5.97 Å². The van der Waals surface area contributed by atoms with Crippen molar-refractivity contribution >= 4 is 28.3 Å². The average Bonchev–Trinajstić information content (AvgIpc) is 2.94. The second-order valence-electron chi connectivity index (χ2n) is 5.27. The first-order valence-corrected chi connectivity index (χ1v) is 7.82. The number of nitrogens with one attached hydrogen (secondary N) is 1. The van der Waals surface area contributed by atoms with Crippen molar-refractivity contribution in [2.75, 3.05) is 5.32 Å². The van der Waals surface area contributed by atoms with Gasteiger partial charge in [0.1, 0.15) is 0 Å². The summed E-state index contributed by atoms with van der Waals surface area (Å²) in [5.74, 6) is -1.75. The number of amides is 1. The quantitative estimate of drug-likeness (QED) is 0.855. The van der Waals surface area contributed by atoms with E-state index < -0.39 is 11.9 Å². The fourth-order valence-corrected chi connectivity index (χ4v) is 2.85. The summed E-state index contributed by atoms with van der Waals surface area (Å²) in [7, 11) is 0. The molecule has 5 nitrogen and oxygen atoms in total. The number of aromatic nitrogens is 1. The molecule has 6 heteroatoms. The van der Waals surface area contributed by atoms with Gasteiger partial charge in [-0.2, -0.15) is 0 Å². The zero-order valence-corrected chi connectivity index (χ0v) is 13.3. The van der Waals surface area contributed by atoms with E-state index in [0.717, 1.165) is 4.88 Å². The summed E-state index contributed by atoms with van der Waals surface area (Å²) in [5, 5.41) is 12.3. The Labute approximate surface area is 133 Å². The predicted molar refractivity (Wildman–Crippen MR) is 86.3 cm³/mol. The second-order valence-corrected chi connectivity index (χ2v) is 6.34. The highest BCUT2D eigenvalue weighted by molar-refractivity contribution is 7.15. The number of hydrogen-bond acceptors (Lipinski definition) is 4. The number of hydrogen-bond donors (Lipinski definition) is 2. The highest BCUT2D eigenvalue weighted by Gasteiger charge is 2.24. The van der Waals surface area contributed by atoms with Crippen molar-refractivity contribution in [3.63, 3.8) is 0 Å². The third-order valence-corrected chi connectivity index (χ3v) is 4.43. The summed E-state index contributed by atoms with van der Waals surface area (Å²) in [6.45, 7) is 4.10. The Morgan fingerprint density at radius 1 is 1.27 bits per heavy atom. The van der Waals surface area contributed by atoms with Crippen LogP contribution in [0.15, 0.2) is 36.5 Å². The summed E-state index contributed by atoms with van der Waals surface area (Å²) in [5.41, 5.74) is 0.683. The van der Waals surface area contributed by atoms with E-state index in [4.69, 9.17) is 5.11 Å². The molecule has 0 unspecified atom stereocenters. The molecule has 1 atom stereocenters. The van der Waals surface area contributed by atoms with E-state index >= 15 is 0 Å². The van der Waals surface area contributed by atoms with Crippen LogP contribution >= 0.6 is 11.3 Å². The van der Waals surface area contributed by atoms with Gasteiger partial charge in [0.25, 0.3) is 0 Å². The minimum atomic E-state index is -1.01. The topological polar surface area (TPSA) is 79.3 Å². The Morgan fingerprint density at radius 2 is 1.95 bits per heavy atom. The number of carbonyl (C=O) groups is 2. The van der Waals surface area contributed by atoms with Crippen molar-refractivity contribution < 1.29 is 14.7 Å². The zero-order chi connectivity index (χ0) is 16.1. The van der Waals surface area contributed by atoms with Gasteiger partial charge in [-0.05, 0) is 11.5 Å². The van der Waals surface area contributed by atoms with Crippen LogP contribution in [0.3, 0.4) is 0 Å². The van der Waals surface area contributed by atoms with Gasteiger partial charge in [0.2, 0.25) is 5.91 Å². The molecule has 0 saturated carbocycles. The largest absolute Gasteiger partial charge is 0.481 e. The molecule has 22 heavy (non-hydrogen) atoms. The SMILES string of the molecule is CC(C)c1cnc(NC(=O)[C@H](CC(=O)O)c2ccccc2)s1. The van der Waals surface area contributed by atoms with Gasteiger partial charge in [0, 0.05) is 11.1 Å². The van der Waals surface area contributed by atoms with Crippen LogP contribution in [0.5, 0.6) is 0 Å². The number of rotatable bonds is 6. The number of carbonyl (C=O) groups excluding carboxylic acids is 1. The summed E-state index contributed by atoms with van der Waals surface area (Å²) in [6.07, 6.45) is 1.48. The Hall–Kier alpha value is -2.21. The molecule has 2 rings (SSSR count). The fraction of sp³-hybridized carbons (Fsp3) is 0.312. The lowest BCUT2D eigenvalue weighted by Crippen LogP contribution is -2.23. The Balaban J connectivity index is 2.16. The number of carboxylic acid groups (broad SMARTS) is 1. The molecule has 2 aromatic rings. The molecule has 1 amide bonds. The molecule has 1 aromatic heterocycles. The first-order valence-electron chi connectivity index (χ1n) is 7.00. The maximum absolute atomic E-state index is 12.4. The standard InChI is InChI=1S/C16H18N2O3S/c1-10(2)13-9-17-16(22-13)18-15(21)12(8-14(19)20)11-6-4-3-5-7-11/h3-7,9-10,12H,8H2,1-2H3,(H,19,20)(H,17,18,21)/t12-/m1/s1. The summed E-state index contributed by atoms with van der Waals surface area (Å²) in [4.78, 5) is 28.7. The van der Waals surface area contributed by atoms with Crippen LogP contribution in [0.1, 0.15) is 42.5 Å². The van der Waals surface area contributed by atoms with Crippen LogP contribution in [-0.4, -0.2) is 22.0 Å². The minimum absolute atomic E-state index is 0.252. The molecule has 116 valence electrons. The van der Waals surface area contributed by atoms with Gasteiger partial charge in [-0.15, -0.1) is 11.3 Å². The molecular weight excluding hydrogens is 300 g/mol. The molecule has 1 heterocycles. The van der Waals surface area contributed by atoms with Crippen LogP contribution in [0.4, 0.5) is 5.13 Å². The number of carboxylic acids is 1. The van der Waals surface area contributed by atoms with Gasteiger partial charge in [-0.3, -0.25) is 9.59 Å². The van der Waals surface area contributed by atoms with Crippen molar-refractivity contribution in [2.24, 2.45) is 0 Å². The smallest absolute Gasteiger partial charge is 0.304 e. The Kier molecular flexibility index (Phi) is 5.27. The fourth-order valence-electron chi connectivity index (χ4n) is 2.03. The lowest BCUT2D eigenvalue weighted by atomic mass is 9.95. The van der Waals surface area contributed by atoms with Crippen molar-refractivity contribution in [1.82, 2.24) is 4.98 Å². The third kappa shape index (κ3) is 4.14. The van der Waals surface area contributed by atoms with Crippen molar-refractivity contribution in [1.29, 1.82) is 0 Å². The summed E-state index contributed by atoms with van der Waals surface area (Å²) in [6, 6.07) is 8.92. The van der Waals surface area contributed by atoms with E-state index in [-0.39, 0.29) is 12.3 Å². The van der Waals surface area contributed by atoms with Crippen molar-refractivity contribution in [3.8, 4) is 0 Å². The Morgan fingerprint density at radius 3 is 2.50 bits per heavy atom. The summed E-state index contributed by atoms with van der Waals surface area (Å²) >= 11 is 1.41. The van der Waals surface area contributed by atoms with E-state index in [1.54, 1.807) is 30.5 Å². The van der Waals surface area contributed by atoms with Gasteiger partial charge in [-0.1, -0.05) is 44.2 Å². The molecule has 0 fully saturated rings. The molecule has 0 radical (unpaired) electrons.